The molecule has 0 spiro atoms. The predicted molar refractivity (Wildman–Crippen MR) is 52.6 cm³/mol. The van der Waals surface area contributed by atoms with Gasteiger partial charge in [-0.2, -0.15) is 0 Å². The first kappa shape index (κ1) is 10.9. The first-order valence-corrected chi connectivity index (χ1v) is 4.47. The van der Waals surface area contributed by atoms with Gasteiger partial charge in [-0.15, -0.1) is 0 Å². The van der Waals surface area contributed by atoms with Gasteiger partial charge in [0.15, 0.2) is 5.75 Å². The number of rotatable bonds is 1. The third-order valence-electron chi connectivity index (χ3n) is 1.50. The Bertz CT molecular complexity index is 330. The molecule has 0 aliphatic heterocycles. The van der Waals surface area contributed by atoms with E-state index in [1.165, 1.54) is 12.4 Å². The van der Waals surface area contributed by atoms with Crippen LogP contribution in [0.4, 0.5) is 4.79 Å². The number of halogens is 1. The van der Waals surface area contributed by atoms with E-state index in [1.807, 2.05) is 20.8 Å². The molecule has 0 amide bonds. The van der Waals surface area contributed by atoms with Gasteiger partial charge in [-0.3, -0.25) is 0 Å². The maximum atomic E-state index is 10.4. The summed E-state index contributed by atoms with van der Waals surface area (Å²) in [5.74, 6) is 0.935. The molecule has 0 saturated heterocycles. The Labute approximate surface area is 87.3 Å². The lowest BCUT2D eigenvalue weighted by atomic mass is 9.96. The van der Waals surface area contributed by atoms with Crippen LogP contribution in [0.1, 0.15) is 26.6 Å². The molecule has 0 atom stereocenters. The Balaban J connectivity index is 2.84. The van der Waals surface area contributed by atoms with E-state index in [4.69, 9.17) is 11.6 Å². The number of ether oxygens (including phenoxy) is 1. The van der Waals surface area contributed by atoms with Crippen LogP contribution in [0.2, 0.25) is 0 Å². The normalized spacial score (nSPS) is 11.1. The van der Waals surface area contributed by atoms with Gasteiger partial charge in [0, 0.05) is 17.0 Å². The summed E-state index contributed by atoms with van der Waals surface area (Å²) in [6, 6.07) is 0. The Morgan fingerprint density at radius 1 is 1.36 bits per heavy atom. The lowest BCUT2D eigenvalue weighted by molar-refractivity contribution is 0.225. The number of nitrogens with zero attached hydrogens (tertiary/aromatic N) is 2. The first-order chi connectivity index (χ1) is 6.39. The second-order valence-electron chi connectivity index (χ2n) is 3.83. The summed E-state index contributed by atoms with van der Waals surface area (Å²) in [5.41, 5.74) is -1.01. The van der Waals surface area contributed by atoms with E-state index in [0.717, 1.165) is 0 Å². The zero-order chi connectivity index (χ0) is 10.8. The third kappa shape index (κ3) is 2.96. The highest BCUT2D eigenvalue weighted by molar-refractivity contribution is 6.61. The Morgan fingerprint density at radius 3 is 2.21 bits per heavy atom. The average Bonchev–Trinajstić information content (AvgIpc) is 2.02. The highest BCUT2D eigenvalue weighted by Gasteiger charge is 2.16. The smallest absolute Gasteiger partial charge is 0.409 e. The van der Waals surface area contributed by atoms with Crippen LogP contribution in [0.3, 0.4) is 0 Å². The van der Waals surface area contributed by atoms with Gasteiger partial charge in [0.1, 0.15) is 5.82 Å². The highest BCUT2D eigenvalue weighted by atomic mass is 35.5. The van der Waals surface area contributed by atoms with Crippen molar-refractivity contribution in [2.45, 2.75) is 26.2 Å². The van der Waals surface area contributed by atoms with Crippen LogP contribution >= 0.6 is 11.6 Å². The summed E-state index contributed by atoms with van der Waals surface area (Å²) in [6.07, 6.45) is 2.85. The van der Waals surface area contributed by atoms with Gasteiger partial charge < -0.3 is 4.74 Å². The average molecular weight is 215 g/mol. The fourth-order valence-corrected chi connectivity index (χ4v) is 0.938. The summed E-state index contributed by atoms with van der Waals surface area (Å²) in [5, 5.41) is 0. The maximum absolute atomic E-state index is 10.4. The van der Waals surface area contributed by atoms with Crippen LogP contribution in [0.5, 0.6) is 5.75 Å². The highest BCUT2D eigenvalue weighted by Crippen LogP contribution is 2.18. The standard InChI is InChI=1S/C9H11ClN2O2/c1-9(2,3)7-11-4-6(5-12-7)14-8(10)13/h4-5H,1-3H3. The molecule has 0 aliphatic rings. The number of carbonyl (C=O) groups is 1. The summed E-state index contributed by atoms with van der Waals surface area (Å²) < 4.78 is 4.58. The molecular formula is C9H11ClN2O2. The van der Waals surface area contributed by atoms with Crippen molar-refractivity contribution in [3.8, 4) is 5.75 Å². The monoisotopic (exact) mass is 214 g/mol. The number of hydrogen-bond donors (Lipinski definition) is 0. The van der Waals surface area contributed by atoms with Crippen molar-refractivity contribution in [3.63, 3.8) is 0 Å². The second kappa shape index (κ2) is 3.92. The predicted octanol–water partition coefficient (Wildman–Crippen LogP) is 2.51. The molecule has 1 heterocycles. The fraction of sp³-hybridized carbons (Fsp3) is 0.444. The second-order valence-corrected chi connectivity index (χ2v) is 4.14. The van der Waals surface area contributed by atoms with E-state index in [2.05, 4.69) is 14.7 Å². The Hall–Kier alpha value is -1.16. The first-order valence-electron chi connectivity index (χ1n) is 4.09. The van der Waals surface area contributed by atoms with Crippen molar-refractivity contribution in [1.82, 2.24) is 9.97 Å². The van der Waals surface area contributed by atoms with Gasteiger partial charge in [-0.1, -0.05) is 20.8 Å². The summed E-state index contributed by atoms with van der Waals surface area (Å²) in [4.78, 5) is 18.5. The van der Waals surface area contributed by atoms with Crippen molar-refractivity contribution >= 4 is 17.0 Å². The molecule has 5 heteroatoms. The van der Waals surface area contributed by atoms with Crippen LogP contribution < -0.4 is 4.74 Å². The van der Waals surface area contributed by atoms with Crippen LogP contribution in [0.25, 0.3) is 0 Å². The zero-order valence-electron chi connectivity index (χ0n) is 8.24. The topological polar surface area (TPSA) is 52.1 Å². The van der Waals surface area contributed by atoms with Crippen molar-refractivity contribution < 1.29 is 9.53 Å². The lowest BCUT2D eigenvalue weighted by Gasteiger charge is -2.15. The van der Waals surface area contributed by atoms with Gasteiger partial charge in [-0.25, -0.2) is 14.8 Å². The van der Waals surface area contributed by atoms with E-state index in [1.54, 1.807) is 0 Å². The van der Waals surface area contributed by atoms with Gasteiger partial charge >= 0.3 is 5.43 Å². The minimum Gasteiger partial charge on any atom is -0.411 e. The zero-order valence-corrected chi connectivity index (χ0v) is 9.00. The van der Waals surface area contributed by atoms with E-state index in [-0.39, 0.29) is 11.2 Å². The minimum absolute atomic E-state index is 0.122. The summed E-state index contributed by atoms with van der Waals surface area (Å²) in [6.45, 7) is 5.99. The number of carbonyl (C=O) groups excluding carboxylic acids is 1. The van der Waals surface area contributed by atoms with Crippen molar-refractivity contribution in [1.29, 1.82) is 0 Å². The molecule has 0 bridgehead atoms. The molecule has 14 heavy (non-hydrogen) atoms. The quantitative estimate of drug-likeness (QED) is 0.674. The van der Waals surface area contributed by atoms with E-state index < -0.39 is 5.43 Å². The van der Waals surface area contributed by atoms with Crippen LogP contribution in [-0.2, 0) is 5.41 Å². The Kier molecular flexibility index (Phi) is 3.06. The van der Waals surface area contributed by atoms with E-state index in [0.29, 0.717) is 5.82 Å². The largest absolute Gasteiger partial charge is 0.411 e. The van der Waals surface area contributed by atoms with E-state index in [9.17, 15) is 4.79 Å². The molecule has 0 saturated carbocycles. The van der Waals surface area contributed by atoms with Crippen molar-refractivity contribution in [3.05, 3.63) is 18.2 Å². The molecule has 0 unspecified atom stereocenters. The molecule has 4 nitrogen and oxygen atoms in total. The minimum atomic E-state index is -0.892. The molecule has 1 aromatic rings. The van der Waals surface area contributed by atoms with Gasteiger partial charge in [-0.05, 0) is 0 Å². The van der Waals surface area contributed by atoms with Gasteiger partial charge in [0.2, 0.25) is 0 Å². The van der Waals surface area contributed by atoms with Crippen molar-refractivity contribution in [2.24, 2.45) is 0 Å². The van der Waals surface area contributed by atoms with Crippen LogP contribution in [0, 0.1) is 0 Å². The van der Waals surface area contributed by atoms with Crippen LogP contribution in [0.15, 0.2) is 12.4 Å². The lowest BCUT2D eigenvalue weighted by Crippen LogP contribution is -2.15. The summed E-state index contributed by atoms with van der Waals surface area (Å²) in [7, 11) is 0. The molecule has 1 aromatic heterocycles. The Morgan fingerprint density at radius 2 is 1.86 bits per heavy atom. The van der Waals surface area contributed by atoms with E-state index >= 15 is 0 Å². The molecule has 1 rings (SSSR count). The molecule has 0 radical (unpaired) electrons. The molecule has 0 aliphatic carbocycles. The van der Waals surface area contributed by atoms with Crippen LogP contribution in [-0.4, -0.2) is 15.4 Å². The SMILES string of the molecule is CC(C)(C)c1ncc(OC(=O)Cl)cn1. The van der Waals surface area contributed by atoms with Gasteiger partial charge in [0.05, 0.1) is 12.4 Å². The summed E-state index contributed by atoms with van der Waals surface area (Å²) >= 11 is 5.03. The van der Waals surface area contributed by atoms with Crippen molar-refractivity contribution in [2.75, 3.05) is 0 Å². The maximum Gasteiger partial charge on any atom is 0.409 e. The molecule has 76 valence electrons. The molecular weight excluding hydrogens is 204 g/mol. The molecule has 0 fully saturated rings. The third-order valence-corrected chi connectivity index (χ3v) is 1.57. The van der Waals surface area contributed by atoms with Gasteiger partial charge in [0.25, 0.3) is 0 Å². The number of aromatic nitrogens is 2. The molecule has 0 aromatic carbocycles. The fourth-order valence-electron chi connectivity index (χ4n) is 0.849. The number of hydrogen-bond acceptors (Lipinski definition) is 4. The molecule has 0 N–H and O–H groups in total.